The van der Waals surface area contributed by atoms with Crippen molar-refractivity contribution in [3.63, 3.8) is 0 Å². The molecule has 78 valence electrons. The first-order valence-corrected chi connectivity index (χ1v) is 5.66. The highest BCUT2D eigenvalue weighted by Gasteiger charge is 2.22. The molecule has 0 spiro atoms. The van der Waals surface area contributed by atoms with Gasteiger partial charge in [0, 0.05) is 6.54 Å². The fourth-order valence-electron chi connectivity index (χ4n) is 2.34. The van der Waals surface area contributed by atoms with Gasteiger partial charge >= 0.3 is 0 Å². The second kappa shape index (κ2) is 6.39. The first kappa shape index (κ1) is 11.0. The van der Waals surface area contributed by atoms with Crippen molar-refractivity contribution in [2.75, 3.05) is 19.7 Å². The van der Waals surface area contributed by atoms with Crippen LogP contribution in [0.1, 0.15) is 39.0 Å². The van der Waals surface area contributed by atoms with E-state index in [1.165, 1.54) is 32.1 Å². The average molecular weight is 185 g/mol. The van der Waals surface area contributed by atoms with Crippen LogP contribution in [0.3, 0.4) is 0 Å². The summed E-state index contributed by atoms with van der Waals surface area (Å²) in [5.74, 6) is 1.94. The number of hydrogen-bond donors (Lipinski definition) is 2. The van der Waals surface area contributed by atoms with E-state index in [2.05, 4.69) is 12.2 Å². The van der Waals surface area contributed by atoms with Crippen molar-refractivity contribution in [1.29, 1.82) is 0 Å². The van der Waals surface area contributed by atoms with E-state index in [9.17, 15) is 0 Å². The zero-order valence-corrected chi connectivity index (χ0v) is 8.76. The molecule has 1 fully saturated rings. The van der Waals surface area contributed by atoms with E-state index < -0.39 is 0 Å². The first-order valence-electron chi connectivity index (χ1n) is 5.66. The molecule has 1 aliphatic carbocycles. The zero-order valence-electron chi connectivity index (χ0n) is 8.76. The summed E-state index contributed by atoms with van der Waals surface area (Å²) in [6, 6.07) is 0. The van der Waals surface area contributed by atoms with Gasteiger partial charge in [-0.2, -0.15) is 0 Å². The minimum atomic E-state index is 0.264. The van der Waals surface area contributed by atoms with Crippen LogP contribution in [0.5, 0.6) is 0 Å². The van der Waals surface area contributed by atoms with E-state index in [1.807, 2.05) is 0 Å². The average Bonchev–Trinajstić information content (AvgIpc) is 2.52. The summed E-state index contributed by atoms with van der Waals surface area (Å²) in [6.07, 6.45) is 6.97. The number of nitrogens with one attached hydrogen (secondary N) is 1. The quantitative estimate of drug-likeness (QED) is 0.618. The fraction of sp³-hybridized carbons (Fsp3) is 1.00. The molecule has 0 amide bonds. The molecule has 1 aliphatic rings. The normalized spacial score (nSPS) is 28.2. The minimum absolute atomic E-state index is 0.264. The summed E-state index contributed by atoms with van der Waals surface area (Å²) < 4.78 is 0. The molecule has 0 heterocycles. The zero-order chi connectivity index (χ0) is 9.52. The SMILES string of the molecule is CC1CCCC1CCCNCCO. The minimum Gasteiger partial charge on any atom is -0.395 e. The predicted octanol–water partition coefficient (Wildman–Crippen LogP) is 1.78. The number of hydrogen-bond acceptors (Lipinski definition) is 2. The second-order valence-corrected chi connectivity index (χ2v) is 4.28. The smallest absolute Gasteiger partial charge is 0.0555 e. The summed E-state index contributed by atoms with van der Waals surface area (Å²) in [7, 11) is 0. The van der Waals surface area contributed by atoms with E-state index in [0.717, 1.165) is 24.9 Å². The molecule has 2 N–H and O–H groups in total. The van der Waals surface area contributed by atoms with Crippen LogP contribution in [-0.4, -0.2) is 24.8 Å². The highest BCUT2D eigenvalue weighted by atomic mass is 16.3. The lowest BCUT2D eigenvalue weighted by atomic mass is 9.93. The van der Waals surface area contributed by atoms with Crippen LogP contribution in [0.25, 0.3) is 0 Å². The van der Waals surface area contributed by atoms with Gasteiger partial charge in [0.15, 0.2) is 0 Å². The second-order valence-electron chi connectivity index (χ2n) is 4.28. The first-order chi connectivity index (χ1) is 6.34. The van der Waals surface area contributed by atoms with Crippen LogP contribution in [0.2, 0.25) is 0 Å². The van der Waals surface area contributed by atoms with Crippen molar-refractivity contribution in [2.24, 2.45) is 11.8 Å². The molecule has 2 heteroatoms. The topological polar surface area (TPSA) is 32.3 Å². The molecule has 13 heavy (non-hydrogen) atoms. The fourth-order valence-corrected chi connectivity index (χ4v) is 2.34. The monoisotopic (exact) mass is 185 g/mol. The highest BCUT2D eigenvalue weighted by molar-refractivity contribution is 4.74. The lowest BCUT2D eigenvalue weighted by Gasteiger charge is -2.14. The molecular weight excluding hydrogens is 162 g/mol. The van der Waals surface area contributed by atoms with Gasteiger partial charge in [-0.15, -0.1) is 0 Å². The predicted molar refractivity (Wildman–Crippen MR) is 55.7 cm³/mol. The van der Waals surface area contributed by atoms with Gasteiger partial charge in [-0.3, -0.25) is 0 Å². The number of aliphatic hydroxyl groups is 1. The molecule has 0 aromatic rings. The molecular formula is C11H23NO. The van der Waals surface area contributed by atoms with E-state index >= 15 is 0 Å². The van der Waals surface area contributed by atoms with Crippen molar-refractivity contribution in [1.82, 2.24) is 5.32 Å². The molecule has 0 saturated heterocycles. The number of rotatable bonds is 6. The summed E-state index contributed by atoms with van der Waals surface area (Å²) >= 11 is 0. The van der Waals surface area contributed by atoms with Gasteiger partial charge in [-0.1, -0.05) is 26.2 Å². The molecule has 0 bridgehead atoms. The lowest BCUT2D eigenvalue weighted by Crippen LogP contribution is -2.20. The van der Waals surface area contributed by atoms with E-state index in [0.29, 0.717) is 0 Å². The maximum Gasteiger partial charge on any atom is 0.0555 e. The molecule has 2 unspecified atom stereocenters. The van der Waals surface area contributed by atoms with Crippen molar-refractivity contribution in [3.05, 3.63) is 0 Å². The molecule has 2 nitrogen and oxygen atoms in total. The molecule has 0 aromatic heterocycles. The standard InChI is InChI=1S/C11H23NO/c1-10-4-2-5-11(10)6-3-7-12-8-9-13/h10-13H,2-9H2,1H3. The van der Waals surface area contributed by atoms with Crippen LogP contribution in [0.15, 0.2) is 0 Å². The van der Waals surface area contributed by atoms with Gasteiger partial charge in [0.05, 0.1) is 6.61 Å². The molecule has 0 aliphatic heterocycles. The van der Waals surface area contributed by atoms with E-state index in [1.54, 1.807) is 0 Å². The molecule has 2 atom stereocenters. The third-order valence-electron chi connectivity index (χ3n) is 3.26. The van der Waals surface area contributed by atoms with Gasteiger partial charge in [0.2, 0.25) is 0 Å². The summed E-state index contributed by atoms with van der Waals surface area (Å²) in [5, 5.41) is 11.8. The van der Waals surface area contributed by atoms with Gasteiger partial charge in [-0.25, -0.2) is 0 Å². The third-order valence-corrected chi connectivity index (χ3v) is 3.26. The highest BCUT2D eigenvalue weighted by Crippen LogP contribution is 2.33. The molecule has 1 rings (SSSR count). The van der Waals surface area contributed by atoms with Gasteiger partial charge in [0.25, 0.3) is 0 Å². The Bertz CT molecular complexity index is 127. The Morgan fingerprint density at radius 1 is 1.31 bits per heavy atom. The Kier molecular flexibility index (Phi) is 5.40. The van der Waals surface area contributed by atoms with Crippen LogP contribution >= 0.6 is 0 Å². The van der Waals surface area contributed by atoms with Crippen molar-refractivity contribution < 1.29 is 5.11 Å². The summed E-state index contributed by atoms with van der Waals surface area (Å²) in [5.41, 5.74) is 0. The number of aliphatic hydroxyl groups excluding tert-OH is 1. The maximum absolute atomic E-state index is 8.56. The Labute approximate surface area is 81.7 Å². The van der Waals surface area contributed by atoms with Gasteiger partial charge < -0.3 is 10.4 Å². The van der Waals surface area contributed by atoms with Crippen molar-refractivity contribution >= 4 is 0 Å². The van der Waals surface area contributed by atoms with Gasteiger partial charge in [0.1, 0.15) is 0 Å². The summed E-state index contributed by atoms with van der Waals surface area (Å²) in [6.45, 7) is 4.47. The van der Waals surface area contributed by atoms with Crippen LogP contribution < -0.4 is 5.32 Å². The molecule has 0 radical (unpaired) electrons. The van der Waals surface area contributed by atoms with Crippen molar-refractivity contribution in [2.45, 2.75) is 39.0 Å². The van der Waals surface area contributed by atoms with Crippen molar-refractivity contribution in [3.8, 4) is 0 Å². The van der Waals surface area contributed by atoms with Crippen LogP contribution in [0.4, 0.5) is 0 Å². The molecule has 1 saturated carbocycles. The maximum atomic E-state index is 8.56. The Balaban J connectivity index is 1.93. The van der Waals surface area contributed by atoms with Gasteiger partial charge in [-0.05, 0) is 31.2 Å². The third kappa shape index (κ3) is 4.10. The lowest BCUT2D eigenvalue weighted by molar-refractivity contribution is 0.290. The molecule has 0 aromatic carbocycles. The van der Waals surface area contributed by atoms with Crippen LogP contribution in [-0.2, 0) is 0 Å². The van der Waals surface area contributed by atoms with E-state index in [-0.39, 0.29) is 6.61 Å². The Hall–Kier alpha value is -0.0800. The Morgan fingerprint density at radius 2 is 2.15 bits per heavy atom. The largest absolute Gasteiger partial charge is 0.395 e. The van der Waals surface area contributed by atoms with E-state index in [4.69, 9.17) is 5.11 Å². The Morgan fingerprint density at radius 3 is 2.77 bits per heavy atom. The van der Waals surface area contributed by atoms with Crippen LogP contribution in [0, 0.1) is 11.8 Å². The summed E-state index contributed by atoms with van der Waals surface area (Å²) in [4.78, 5) is 0.